The SMILES string of the molecule is Cc1cccc(CNC(=O)Cn2c3ccccc3c(=O)c3ccccc32)c1. The average molecular weight is 356 g/mol. The molecule has 4 aromatic rings. The quantitative estimate of drug-likeness (QED) is 0.566. The first-order chi connectivity index (χ1) is 13.1. The number of pyridine rings is 1. The summed E-state index contributed by atoms with van der Waals surface area (Å²) in [6.07, 6.45) is 0. The summed E-state index contributed by atoms with van der Waals surface area (Å²) >= 11 is 0. The topological polar surface area (TPSA) is 51.1 Å². The highest BCUT2D eigenvalue weighted by atomic mass is 16.2. The third kappa shape index (κ3) is 3.34. The van der Waals surface area contributed by atoms with Gasteiger partial charge in [0.05, 0.1) is 11.0 Å². The van der Waals surface area contributed by atoms with Gasteiger partial charge in [-0.3, -0.25) is 9.59 Å². The van der Waals surface area contributed by atoms with Gasteiger partial charge in [0.1, 0.15) is 6.54 Å². The van der Waals surface area contributed by atoms with Crippen LogP contribution in [0.4, 0.5) is 0 Å². The molecule has 4 heteroatoms. The van der Waals surface area contributed by atoms with Gasteiger partial charge in [0.25, 0.3) is 0 Å². The van der Waals surface area contributed by atoms with Crippen LogP contribution in [0.25, 0.3) is 21.8 Å². The largest absolute Gasteiger partial charge is 0.350 e. The normalized spacial score (nSPS) is 11.0. The Bertz CT molecular complexity index is 1150. The number of nitrogens with one attached hydrogen (secondary N) is 1. The fourth-order valence-electron chi connectivity index (χ4n) is 3.47. The predicted molar refractivity (Wildman–Crippen MR) is 109 cm³/mol. The summed E-state index contributed by atoms with van der Waals surface area (Å²) in [6.45, 7) is 2.67. The zero-order valence-electron chi connectivity index (χ0n) is 15.1. The molecule has 0 aliphatic carbocycles. The molecule has 0 unspecified atom stereocenters. The Morgan fingerprint density at radius 2 is 1.52 bits per heavy atom. The molecule has 0 atom stereocenters. The molecule has 0 saturated carbocycles. The number of fused-ring (bicyclic) bond motifs is 2. The van der Waals surface area contributed by atoms with Crippen molar-refractivity contribution in [2.75, 3.05) is 0 Å². The van der Waals surface area contributed by atoms with E-state index in [1.54, 1.807) is 0 Å². The molecule has 0 spiro atoms. The standard InChI is InChI=1S/C23H20N2O2/c1-16-7-6-8-17(13-16)14-24-22(26)15-25-20-11-4-2-9-18(20)23(27)19-10-3-5-12-21(19)25/h2-13H,14-15H2,1H3,(H,24,26). The lowest BCUT2D eigenvalue weighted by atomic mass is 10.1. The van der Waals surface area contributed by atoms with Crippen LogP contribution in [0.3, 0.4) is 0 Å². The van der Waals surface area contributed by atoms with Crippen LogP contribution in [-0.2, 0) is 17.9 Å². The van der Waals surface area contributed by atoms with E-state index in [4.69, 9.17) is 0 Å². The number of aromatic nitrogens is 1. The van der Waals surface area contributed by atoms with Crippen molar-refractivity contribution in [2.24, 2.45) is 0 Å². The van der Waals surface area contributed by atoms with Gasteiger partial charge in [0.15, 0.2) is 5.43 Å². The maximum Gasteiger partial charge on any atom is 0.240 e. The second-order valence-electron chi connectivity index (χ2n) is 6.72. The lowest BCUT2D eigenvalue weighted by molar-refractivity contribution is -0.121. The van der Waals surface area contributed by atoms with Crippen molar-refractivity contribution < 1.29 is 4.79 Å². The van der Waals surface area contributed by atoms with Crippen LogP contribution in [0, 0.1) is 6.92 Å². The van der Waals surface area contributed by atoms with Gasteiger partial charge in [-0.25, -0.2) is 0 Å². The number of aryl methyl sites for hydroxylation is 1. The molecular formula is C23H20N2O2. The zero-order valence-corrected chi connectivity index (χ0v) is 15.1. The van der Waals surface area contributed by atoms with Gasteiger partial charge in [-0.15, -0.1) is 0 Å². The highest BCUT2D eigenvalue weighted by molar-refractivity contribution is 5.94. The molecule has 4 rings (SSSR count). The summed E-state index contributed by atoms with van der Waals surface area (Å²) in [7, 11) is 0. The van der Waals surface area contributed by atoms with Crippen molar-refractivity contribution in [1.29, 1.82) is 0 Å². The molecule has 4 nitrogen and oxygen atoms in total. The Morgan fingerprint density at radius 1 is 0.889 bits per heavy atom. The number of hydrogen-bond acceptors (Lipinski definition) is 2. The molecule has 0 saturated heterocycles. The van der Waals surface area contributed by atoms with Crippen LogP contribution < -0.4 is 10.7 Å². The van der Waals surface area contributed by atoms with Crippen LogP contribution in [0.5, 0.6) is 0 Å². The molecule has 27 heavy (non-hydrogen) atoms. The highest BCUT2D eigenvalue weighted by Gasteiger charge is 2.12. The Labute approximate surface area is 157 Å². The second-order valence-corrected chi connectivity index (χ2v) is 6.72. The Kier molecular flexibility index (Phi) is 4.47. The molecule has 3 aromatic carbocycles. The molecule has 0 aliphatic heterocycles. The first-order valence-corrected chi connectivity index (χ1v) is 8.96. The van der Waals surface area contributed by atoms with E-state index in [1.807, 2.05) is 78.2 Å². The number of carbonyl (C=O) groups excluding carboxylic acids is 1. The highest BCUT2D eigenvalue weighted by Crippen LogP contribution is 2.19. The average Bonchev–Trinajstić information content (AvgIpc) is 2.70. The molecular weight excluding hydrogens is 336 g/mol. The van der Waals surface area contributed by atoms with Crippen molar-refractivity contribution in [2.45, 2.75) is 20.0 Å². The monoisotopic (exact) mass is 356 g/mol. The van der Waals surface area contributed by atoms with E-state index in [-0.39, 0.29) is 17.9 Å². The third-order valence-electron chi connectivity index (χ3n) is 4.75. The maximum atomic E-state index is 12.8. The molecule has 0 bridgehead atoms. The maximum absolute atomic E-state index is 12.8. The number of hydrogen-bond donors (Lipinski definition) is 1. The van der Waals surface area contributed by atoms with Gasteiger partial charge in [-0.1, -0.05) is 54.1 Å². The smallest absolute Gasteiger partial charge is 0.240 e. The molecule has 0 radical (unpaired) electrons. The summed E-state index contributed by atoms with van der Waals surface area (Å²) in [5.74, 6) is -0.0875. The molecule has 134 valence electrons. The van der Waals surface area contributed by atoms with Gasteiger partial charge in [0.2, 0.25) is 5.91 Å². The van der Waals surface area contributed by atoms with Crippen molar-refractivity contribution >= 4 is 27.7 Å². The van der Waals surface area contributed by atoms with E-state index in [9.17, 15) is 9.59 Å². The van der Waals surface area contributed by atoms with Crippen LogP contribution >= 0.6 is 0 Å². The Balaban J connectivity index is 1.69. The van der Waals surface area contributed by atoms with E-state index in [0.29, 0.717) is 17.3 Å². The molecule has 0 fully saturated rings. The van der Waals surface area contributed by atoms with Crippen LogP contribution in [0.15, 0.2) is 77.6 Å². The minimum Gasteiger partial charge on any atom is -0.350 e. The number of rotatable bonds is 4. The summed E-state index contributed by atoms with van der Waals surface area (Å²) in [4.78, 5) is 25.4. The van der Waals surface area contributed by atoms with Gasteiger partial charge in [0, 0.05) is 17.3 Å². The lowest BCUT2D eigenvalue weighted by Crippen LogP contribution is -2.28. The molecule has 1 amide bonds. The van der Waals surface area contributed by atoms with Crippen LogP contribution in [-0.4, -0.2) is 10.5 Å². The lowest BCUT2D eigenvalue weighted by Gasteiger charge is -2.15. The van der Waals surface area contributed by atoms with Gasteiger partial charge < -0.3 is 9.88 Å². The summed E-state index contributed by atoms with van der Waals surface area (Å²) in [6, 6.07) is 22.9. The predicted octanol–water partition coefficient (Wildman–Crippen LogP) is 3.78. The number of carbonyl (C=O) groups is 1. The van der Waals surface area contributed by atoms with Crippen molar-refractivity contribution in [3.8, 4) is 0 Å². The Morgan fingerprint density at radius 3 is 2.15 bits per heavy atom. The van der Waals surface area contributed by atoms with E-state index < -0.39 is 0 Å². The number of nitrogens with zero attached hydrogens (tertiary/aromatic N) is 1. The van der Waals surface area contributed by atoms with E-state index in [0.717, 1.165) is 16.6 Å². The summed E-state index contributed by atoms with van der Waals surface area (Å²) in [5, 5.41) is 4.24. The first-order valence-electron chi connectivity index (χ1n) is 8.96. The summed E-state index contributed by atoms with van der Waals surface area (Å²) in [5.41, 5.74) is 3.77. The fourth-order valence-corrected chi connectivity index (χ4v) is 3.47. The van der Waals surface area contributed by atoms with Crippen molar-refractivity contribution in [3.05, 3.63) is 94.1 Å². The number of para-hydroxylation sites is 2. The Hall–Kier alpha value is -3.40. The minimum atomic E-state index is -0.0875. The van der Waals surface area contributed by atoms with E-state index in [2.05, 4.69) is 11.4 Å². The third-order valence-corrected chi connectivity index (χ3v) is 4.75. The van der Waals surface area contributed by atoms with Crippen LogP contribution in [0.1, 0.15) is 11.1 Å². The zero-order chi connectivity index (χ0) is 18.8. The van der Waals surface area contributed by atoms with E-state index in [1.165, 1.54) is 5.56 Å². The molecule has 1 N–H and O–H groups in total. The fraction of sp³-hybridized carbons (Fsp3) is 0.130. The molecule has 0 aliphatic rings. The van der Waals surface area contributed by atoms with E-state index >= 15 is 0 Å². The molecule has 1 aromatic heterocycles. The first kappa shape index (κ1) is 17.0. The van der Waals surface area contributed by atoms with Gasteiger partial charge in [-0.2, -0.15) is 0 Å². The van der Waals surface area contributed by atoms with Gasteiger partial charge >= 0.3 is 0 Å². The van der Waals surface area contributed by atoms with Crippen molar-refractivity contribution in [1.82, 2.24) is 9.88 Å². The minimum absolute atomic E-state index is 0.00220. The van der Waals surface area contributed by atoms with Crippen LogP contribution in [0.2, 0.25) is 0 Å². The number of amides is 1. The second kappa shape index (κ2) is 7.08. The summed E-state index contributed by atoms with van der Waals surface area (Å²) < 4.78 is 1.91. The van der Waals surface area contributed by atoms with Gasteiger partial charge in [-0.05, 0) is 36.8 Å². The molecule has 1 heterocycles. The van der Waals surface area contributed by atoms with Crippen molar-refractivity contribution in [3.63, 3.8) is 0 Å². The number of benzene rings is 3.